The first-order chi connectivity index (χ1) is 12.0. The first kappa shape index (κ1) is 17.5. The van der Waals surface area contributed by atoms with Crippen LogP contribution in [0.3, 0.4) is 0 Å². The second kappa shape index (κ2) is 7.25. The third-order valence-corrected chi connectivity index (χ3v) is 6.93. The number of hydrogen-bond acceptors (Lipinski definition) is 3. The molecule has 0 aliphatic carbocycles. The highest BCUT2D eigenvalue weighted by Crippen LogP contribution is 2.36. The van der Waals surface area contributed by atoms with E-state index in [0.29, 0.717) is 0 Å². The summed E-state index contributed by atoms with van der Waals surface area (Å²) in [6.45, 7) is 5.77. The molecule has 0 saturated heterocycles. The number of rotatable bonds is 6. The Bertz CT molecular complexity index is 982. The van der Waals surface area contributed by atoms with E-state index in [1.54, 1.807) is 35.9 Å². The molecular weight excluding hydrogens is 350 g/mol. The third-order valence-electron chi connectivity index (χ3n) is 3.95. The highest BCUT2D eigenvalue weighted by Gasteiger charge is 2.28. The van der Waals surface area contributed by atoms with Crippen LogP contribution in [0.4, 0.5) is 0 Å². The van der Waals surface area contributed by atoms with E-state index in [1.165, 1.54) is 10.0 Å². The van der Waals surface area contributed by atoms with E-state index >= 15 is 0 Å². The molecule has 0 aliphatic heterocycles. The van der Waals surface area contributed by atoms with Crippen LogP contribution in [0.2, 0.25) is 0 Å². The molecule has 3 aromatic rings. The molecule has 0 radical (unpaired) electrons. The summed E-state index contributed by atoms with van der Waals surface area (Å²) in [6, 6.07) is 15.3. The summed E-state index contributed by atoms with van der Waals surface area (Å²) in [5, 5.41) is 1.13. The van der Waals surface area contributed by atoms with E-state index < -0.39 is 15.3 Å². The van der Waals surface area contributed by atoms with Crippen LogP contribution in [-0.4, -0.2) is 12.4 Å². The number of allylic oxidation sites excluding steroid dienone is 1. The molecule has 3 rings (SSSR count). The van der Waals surface area contributed by atoms with Gasteiger partial charge in [0.2, 0.25) is 10.0 Å². The highest BCUT2D eigenvalue weighted by atomic mass is 32.2. The average Bonchev–Trinajstić information content (AvgIpc) is 3.28. The summed E-state index contributed by atoms with van der Waals surface area (Å²) < 4.78 is 27.1. The Morgan fingerprint density at radius 3 is 2.44 bits per heavy atom. The molecule has 128 valence electrons. The Balaban J connectivity index is 2.03. The number of nitrogens with zero attached hydrogens (tertiary/aromatic N) is 1. The van der Waals surface area contributed by atoms with Gasteiger partial charge in [-0.05, 0) is 47.2 Å². The van der Waals surface area contributed by atoms with E-state index in [1.807, 2.05) is 48.7 Å². The van der Waals surface area contributed by atoms with Crippen LogP contribution in [-0.2, 0) is 10.0 Å². The van der Waals surface area contributed by atoms with Crippen molar-refractivity contribution in [2.45, 2.75) is 12.2 Å². The lowest BCUT2D eigenvalue weighted by Gasteiger charge is -2.16. The molecular formula is C20H19NO2S2. The minimum Gasteiger partial charge on any atom is -0.252 e. The standard InChI is InChI=1S/C20H19NO2S2/c1-3-19(25(22,23)21-12-7-8-13-21)18-11-14-24-20(18)16(2)15-17-9-5-4-6-10-17/h3-15,19H,1H2,2H3. The molecule has 5 heteroatoms. The third kappa shape index (κ3) is 3.52. The monoisotopic (exact) mass is 369 g/mol. The molecule has 1 unspecified atom stereocenters. The fourth-order valence-electron chi connectivity index (χ4n) is 2.76. The van der Waals surface area contributed by atoms with Crippen molar-refractivity contribution in [3.05, 3.63) is 95.0 Å². The maximum Gasteiger partial charge on any atom is 0.249 e. The lowest BCUT2D eigenvalue weighted by Crippen LogP contribution is -2.18. The van der Waals surface area contributed by atoms with Crippen molar-refractivity contribution in [3.8, 4) is 0 Å². The Labute approximate surface area is 152 Å². The second-order valence-electron chi connectivity index (χ2n) is 5.66. The molecule has 0 N–H and O–H groups in total. The lowest BCUT2D eigenvalue weighted by atomic mass is 10.1. The fraction of sp³-hybridized carbons (Fsp3) is 0.100. The van der Waals surface area contributed by atoms with Gasteiger partial charge in [-0.2, -0.15) is 0 Å². The van der Waals surface area contributed by atoms with Crippen LogP contribution in [0.1, 0.15) is 28.2 Å². The van der Waals surface area contributed by atoms with E-state index in [0.717, 1.165) is 21.6 Å². The average molecular weight is 370 g/mol. The van der Waals surface area contributed by atoms with E-state index in [-0.39, 0.29) is 0 Å². The van der Waals surface area contributed by atoms with E-state index in [9.17, 15) is 8.42 Å². The summed E-state index contributed by atoms with van der Waals surface area (Å²) in [5.74, 6) is 0. The first-order valence-corrected chi connectivity index (χ1v) is 10.2. The molecule has 2 heterocycles. The van der Waals surface area contributed by atoms with E-state index in [2.05, 4.69) is 12.7 Å². The van der Waals surface area contributed by atoms with Crippen molar-refractivity contribution in [1.29, 1.82) is 0 Å². The molecule has 1 atom stereocenters. The van der Waals surface area contributed by atoms with Gasteiger partial charge in [0.15, 0.2) is 0 Å². The predicted molar refractivity (Wildman–Crippen MR) is 106 cm³/mol. The topological polar surface area (TPSA) is 39.1 Å². The molecule has 0 spiro atoms. The zero-order valence-electron chi connectivity index (χ0n) is 13.9. The lowest BCUT2D eigenvalue weighted by molar-refractivity contribution is 0.581. The Hall–Kier alpha value is -2.37. The maximum absolute atomic E-state index is 12.9. The largest absolute Gasteiger partial charge is 0.252 e. The van der Waals surface area contributed by atoms with E-state index in [4.69, 9.17) is 0 Å². The van der Waals surface area contributed by atoms with Gasteiger partial charge < -0.3 is 0 Å². The molecule has 0 fully saturated rings. The summed E-state index contributed by atoms with van der Waals surface area (Å²) in [4.78, 5) is 0.962. The van der Waals surface area contributed by atoms with Gasteiger partial charge in [0.1, 0.15) is 5.25 Å². The van der Waals surface area contributed by atoms with Crippen LogP contribution >= 0.6 is 11.3 Å². The molecule has 25 heavy (non-hydrogen) atoms. The summed E-state index contributed by atoms with van der Waals surface area (Å²) in [5.41, 5.74) is 2.88. The van der Waals surface area contributed by atoms with Crippen molar-refractivity contribution in [2.24, 2.45) is 0 Å². The Kier molecular flexibility index (Phi) is 5.06. The van der Waals surface area contributed by atoms with Crippen LogP contribution in [0.25, 0.3) is 11.6 Å². The molecule has 0 amide bonds. The quantitative estimate of drug-likeness (QED) is 0.559. The minimum absolute atomic E-state index is 0.762. The normalized spacial score (nSPS) is 13.6. The molecule has 0 bridgehead atoms. The number of benzene rings is 1. The highest BCUT2D eigenvalue weighted by molar-refractivity contribution is 7.90. The Morgan fingerprint density at radius 2 is 1.80 bits per heavy atom. The van der Waals surface area contributed by atoms with Crippen molar-refractivity contribution in [1.82, 2.24) is 3.97 Å². The minimum atomic E-state index is -3.58. The summed E-state index contributed by atoms with van der Waals surface area (Å²) >= 11 is 1.54. The van der Waals surface area contributed by atoms with Crippen molar-refractivity contribution < 1.29 is 8.42 Å². The molecule has 1 aromatic carbocycles. The number of hydrogen-bond donors (Lipinski definition) is 0. The number of aromatic nitrogens is 1. The molecule has 0 saturated carbocycles. The second-order valence-corrected chi connectivity index (χ2v) is 8.53. The van der Waals surface area contributed by atoms with Gasteiger partial charge in [0.25, 0.3) is 0 Å². The molecule has 2 aromatic heterocycles. The smallest absolute Gasteiger partial charge is 0.249 e. The summed E-state index contributed by atoms with van der Waals surface area (Å²) in [6.07, 6.45) is 6.66. The SMILES string of the molecule is C=CC(c1ccsc1C(C)=Cc1ccccc1)S(=O)(=O)n1cccc1. The van der Waals surface area contributed by atoms with Crippen molar-refractivity contribution in [2.75, 3.05) is 0 Å². The van der Waals surface area contributed by atoms with Crippen molar-refractivity contribution >= 4 is 33.0 Å². The zero-order valence-corrected chi connectivity index (χ0v) is 15.5. The van der Waals surface area contributed by atoms with Crippen LogP contribution in [0.15, 0.2) is 79.0 Å². The molecule has 3 nitrogen and oxygen atoms in total. The van der Waals surface area contributed by atoms with Gasteiger partial charge in [0, 0.05) is 17.3 Å². The van der Waals surface area contributed by atoms with Gasteiger partial charge in [0.05, 0.1) is 0 Å². The van der Waals surface area contributed by atoms with Crippen LogP contribution in [0, 0.1) is 0 Å². The summed E-state index contributed by atoms with van der Waals surface area (Å²) in [7, 11) is -3.58. The Morgan fingerprint density at radius 1 is 1.12 bits per heavy atom. The van der Waals surface area contributed by atoms with Crippen LogP contribution in [0.5, 0.6) is 0 Å². The van der Waals surface area contributed by atoms with Crippen molar-refractivity contribution in [3.63, 3.8) is 0 Å². The fourth-order valence-corrected chi connectivity index (χ4v) is 5.26. The number of thiophene rings is 1. The van der Waals surface area contributed by atoms with Gasteiger partial charge in [-0.1, -0.05) is 42.5 Å². The first-order valence-electron chi connectivity index (χ1n) is 7.85. The predicted octanol–water partition coefficient (Wildman–Crippen LogP) is 5.22. The zero-order chi connectivity index (χ0) is 17.9. The van der Waals surface area contributed by atoms with Gasteiger partial charge in [-0.3, -0.25) is 3.97 Å². The van der Waals surface area contributed by atoms with Gasteiger partial charge in [-0.15, -0.1) is 17.9 Å². The van der Waals surface area contributed by atoms with Gasteiger partial charge in [-0.25, -0.2) is 8.42 Å². The van der Waals surface area contributed by atoms with Gasteiger partial charge >= 0.3 is 0 Å². The molecule has 0 aliphatic rings. The maximum atomic E-state index is 12.9. The van der Waals surface area contributed by atoms with Crippen LogP contribution < -0.4 is 0 Å².